The van der Waals surface area contributed by atoms with Crippen LogP contribution < -0.4 is 5.32 Å². The fourth-order valence-corrected chi connectivity index (χ4v) is 3.87. The molecule has 0 saturated carbocycles. The molecular formula is C16H13BrN2O4S. The highest BCUT2D eigenvalue weighted by Gasteiger charge is 2.30. The van der Waals surface area contributed by atoms with Crippen molar-refractivity contribution in [1.29, 1.82) is 0 Å². The van der Waals surface area contributed by atoms with Gasteiger partial charge < -0.3 is 0 Å². The van der Waals surface area contributed by atoms with E-state index in [0.29, 0.717) is 0 Å². The molecule has 0 unspecified atom stereocenters. The van der Waals surface area contributed by atoms with Crippen LogP contribution in [0.5, 0.6) is 0 Å². The molecule has 0 fully saturated rings. The van der Waals surface area contributed by atoms with Gasteiger partial charge in [-0.05, 0) is 35.9 Å². The summed E-state index contributed by atoms with van der Waals surface area (Å²) in [5.74, 6) is -1.09. The molecule has 2 aromatic carbocycles. The average Bonchev–Trinajstić information content (AvgIpc) is 2.83. The maximum absolute atomic E-state index is 12.7. The van der Waals surface area contributed by atoms with Crippen LogP contribution >= 0.6 is 15.9 Å². The zero-order valence-electron chi connectivity index (χ0n) is 12.6. The second-order valence-corrected chi connectivity index (χ2v) is 8.34. The molecule has 0 aromatic heterocycles. The van der Waals surface area contributed by atoms with Gasteiger partial charge in [0, 0.05) is 18.1 Å². The Morgan fingerprint density at radius 3 is 2.29 bits per heavy atom. The molecule has 3 rings (SSSR count). The molecule has 1 aliphatic heterocycles. The fourth-order valence-electron chi connectivity index (χ4n) is 2.42. The minimum atomic E-state index is -3.78. The monoisotopic (exact) mass is 408 g/mol. The molecule has 124 valence electrons. The SMILES string of the molecule is CN(Cc1ccc(Br)cc1)S(=O)(=O)c1ccc2c(c1)C(=O)NC2=O. The Hall–Kier alpha value is -2.03. The molecule has 0 spiro atoms. The second kappa shape index (κ2) is 6.12. The smallest absolute Gasteiger partial charge is 0.258 e. The first-order valence-electron chi connectivity index (χ1n) is 6.99. The third kappa shape index (κ3) is 3.00. The number of imide groups is 1. The van der Waals surface area contributed by atoms with Crippen LogP contribution in [0.2, 0.25) is 0 Å². The summed E-state index contributed by atoms with van der Waals surface area (Å²) < 4.78 is 27.5. The summed E-state index contributed by atoms with van der Waals surface area (Å²) in [6.07, 6.45) is 0. The van der Waals surface area contributed by atoms with Crippen LogP contribution in [0.25, 0.3) is 0 Å². The molecule has 1 N–H and O–H groups in total. The minimum absolute atomic E-state index is 0.0225. The Morgan fingerprint density at radius 1 is 1.00 bits per heavy atom. The van der Waals surface area contributed by atoms with Crippen LogP contribution in [0.4, 0.5) is 0 Å². The number of hydrogen-bond donors (Lipinski definition) is 1. The van der Waals surface area contributed by atoms with Crippen LogP contribution in [0.3, 0.4) is 0 Å². The first-order valence-corrected chi connectivity index (χ1v) is 9.23. The van der Waals surface area contributed by atoms with Crippen molar-refractivity contribution in [3.05, 3.63) is 63.6 Å². The van der Waals surface area contributed by atoms with E-state index in [0.717, 1.165) is 10.0 Å². The van der Waals surface area contributed by atoms with Crippen molar-refractivity contribution in [3.8, 4) is 0 Å². The van der Waals surface area contributed by atoms with Crippen LogP contribution in [0, 0.1) is 0 Å². The van der Waals surface area contributed by atoms with Gasteiger partial charge in [0.2, 0.25) is 10.0 Å². The molecule has 1 heterocycles. The van der Waals surface area contributed by atoms with Gasteiger partial charge in [-0.3, -0.25) is 14.9 Å². The van der Waals surface area contributed by atoms with Gasteiger partial charge in [-0.1, -0.05) is 28.1 Å². The van der Waals surface area contributed by atoms with Crippen molar-refractivity contribution in [2.24, 2.45) is 0 Å². The summed E-state index contributed by atoms with van der Waals surface area (Å²) >= 11 is 3.33. The van der Waals surface area contributed by atoms with Gasteiger partial charge in [0.05, 0.1) is 16.0 Å². The van der Waals surface area contributed by atoms with E-state index >= 15 is 0 Å². The summed E-state index contributed by atoms with van der Waals surface area (Å²) in [6, 6.07) is 11.3. The van der Waals surface area contributed by atoms with E-state index in [-0.39, 0.29) is 22.6 Å². The average molecular weight is 409 g/mol. The Kier molecular flexibility index (Phi) is 4.29. The second-order valence-electron chi connectivity index (χ2n) is 5.38. The normalized spacial score (nSPS) is 14.0. The van der Waals surface area contributed by atoms with E-state index < -0.39 is 21.8 Å². The van der Waals surface area contributed by atoms with Crippen molar-refractivity contribution in [1.82, 2.24) is 9.62 Å². The first kappa shape index (κ1) is 16.8. The van der Waals surface area contributed by atoms with Crippen molar-refractivity contribution in [2.45, 2.75) is 11.4 Å². The number of carbonyl (C=O) groups is 2. The van der Waals surface area contributed by atoms with Gasteiger partial charge in [-0.2, -0.15) is 4.31 Å². The quantitative estimate of drug-likeness (QED) is 0.785. The van der Waals surface area contributed by atoms with Crippen LogP contribution in [0.1, 0.15) is 26.3 Å². The summed E-state index contributed by atoms with van der Waals surface area (Å²) in [7, 11) is -2.31. The van der Waals surface area contributed by atoms with E-state index in [4.69, 9.17) is 0 Å². The van der Waals surface area contributed by atoms with Gasteiger partial charge in [0.25, 0.3) is 11.8 Å². The van der Waals surface area contributed by atoms with Gasteiger partial charge in [0.1, 0.15) is 0 Å². The summed E-state index contributed by atoms with van der Waals surface area (Å²) in [5.41, 5.74) is 1.10. The zero-order valence-corrected chi connectivity index (χ0v) is 15.0. The van der Waals surface area contributed by atoms with Crippen LogP contribution in [-0.4, -0.2) is 31.6 Å². The van der Waals surface area contributed by atoms with E-state index in [9.17, 15) is 18.0 Å². The van der Waals surface area contributed by atoms with E-state index in [1.54, 1.807) is 0 Å². The molecule has 2 aromatic rings. The van der Waals surface area contributed by atoms with Crippen LogP contribution in [-0.2, 0) is 16.6 Å². The van der Waals surface area contributed by atoms with Gasteiger partial charge in [0.15, 0.2) is 0 Å². The molecule has 0 aliphatic carbocycles. The summed E-state index contributed by atoms with van der Waals surface area (Å²) in [5, 5.41) is 2.14. The number of sulfonamides is 1. The van der Waals surface area contributed by atoms with E-state index in [2.05, 4.69) is 21.2 Å². The first-order chi connectivity index (χ1) is 11.3. The number of amides is 2. The molecule has 0 atom stereocenters. The molecule has 0 saturated heterocycles. The lowest BCUT2D eigenvalue weighted by molar-refractivity contribution is 0.0879. The Balaban J connectivity index is 1.90. The molecule has 1 aliphatic rings. The Labute approximate surface area is 147 Å². The number of rotatable bonds is 4. The number of fused-ring (bicyclic) bond motifs is 1. The maximum atomic E-state index is 12.7. The molecule has 0 bridgehead atoms. The zero-order chi connectivity index (χ0) is 17.5. The predicted molar refractivity (Wildman–Crippen MR) is 91.0 cm³/mol. The van der Waals surface area contributed by atoms with Crippen molar-refractivity contribution >= 4 is 37.8 Å². The summed E-state index contributed by atoms with van der Waals surface area (Å²) in [6.45, 7) is 0.192. The highest BCUT2D eigenvalue weighted by atomic mass is 79.9. The number of halogens is 1. The lowest BCUT2D eigenvalue weighted by Crippen LogP contribution is -2.26. The van der Waals surface area contributed by atoms with Crippen LogP contribution in [0.15, 0.2) is 51.8 Å². The van der Waals surface area contributed by atoms with Gasteiger partial charge in [-0.25, -0.2) is 8.42 Å². The van der Waals surface area contributed by atoms with Crippen molar-refractivity contribution in [2.75, 3.05) is 7.05 Å². The molecular weight excluding hydrogens is 396 g/mol. The Morgan fingerprint density at radius 2 is 1.62 bits per heavy atom. The summed E-state index contributed by atoms with van der Waals surface area (Å²) in [4.78, 5) is 23.2. The predicted octanol–water partition coefficient (Wildman–Crippen LogP) is 2.15. The largest absolute Gasteiger partial charge is 0.288 e. The third-order valence-corrected chi connectivity index (χ3v) is 6.06. The third-order valence-electron chi connectivity index (χ3n) is 3.73. The molecule has 6 nitrogen and oxygen atoms in total. The lowest BCUT2D eigenvalue weighted by atomic mass is 10.1. The number of carbonyl (C=O) groups excluding carboxylic acids is 2. The molecule has 0 radical (unpaired) electrons. The minimum Gasteiger partial charge on any atom is -0.288 e. The number of benzene rings is 2. The standard InChI is InChI=1S/C16H13BrN2O4S/c1-19(9-10-2-4-11(17)5-3-10)24(22,23)12-6-7-13-14(8-12)16(21)18-15(13)20/h2-8H,9H2,1H3,(H,18,20,21). The molecule has 24 heavy (non-hydrogen) atoms. The van der Waals surface area contributed by atoms with E-state index in [1.807, 2.05) is 24.3 Å². The fraction of sp³-hybridized carbons (Fsp3) is 0.125. The lowest BCUT2D eigenvalue weighted by Gasteiger charge is -2.17. The number of nitrogens with one attached hydrogen (secondary N) is 1. The van der Waals surface area contributed by atoms with Gasteiger partial charge >= 0.3 is 0 Å². The highest BCUT2D eigenvalue weighted by Crippen LogP contribution is 2.23. The molecule has 2 amide bonds. The molecule has 8 heteroatoms. The number of hydrogen-bond acceptors (Lipinski definition) is 4. The van der Waals surface area contributed by atoms with Crippen molar-refractivity contribution in [3.63, 3.8) is 0 Å². The highest BCUT2D eigenvalue weighted by molar-refractivity contribution is 9.10. The van der Waals surface area contributed by atoms with E-state index in [1.165, 1.54) is 29.6 Å². The van der Waals surface area contributed by atoms with Crippen molar-refractivity contribution < 1.29 is 18.0 Å². The maximum Gasteiger partial charge on any atom is 0.258 e. The topological polar surface area (TPSA) is 83.6 Å². The Bertz CT molecular complexity index is 939. The van der Waals surface area contributed by atoms with Gasteiger partial charge in [-0.15, -0.1) is 0 Å². The number of nitrogens with zero attached hydrogens (tertiary/aromatic N) is 1.